The van der Waals surface area contributed by atoms with Crippen LogP contribution in [0.4, 0.5) is 17.6 Å². The summed E-state index contributed by atoms with van der Waals surface area (Å²) in [4.78, 5) is 0. The van der Waals surface area contributed by atoms with Crippen molar-refractivity contribution in [3.8, 4) is 5.75 Å². The topological polar surface area (TPSA) is 9.23 Å². The molecule has 0 N–H and O–H groups in total. The van der Waals surface area contributed by atoms with Crippen LogP contribution in [0.1, 0.15) is 11.1 Å². The molecule has 0 saturated heterocycles. The van der Waals surface area contributed by atoms with Crippen LogP contribution in [-0.4, -0.2) is 7.11 Å². The van der Waals surface area contributed by atoms with Crippen LogP contribution in [-0.2, 0) is 11.5 Å². The van der Waals surface area contributed by atoms with Crippen molar-refractivity contribution in [3.05, 3.63) is 29.1 Å². The number of hydrogen-bond donors (Lipinski definition) is 0. The van der Waals surface area contributed by atoms with Crippen LogP contribution in [0.5, 0.6) is 5.75 Å². The Balaban J connectivity index is 3.36. The molecule has 0 amide bonds. The lowest BCUT2D eigenvalue weighted by atomic mass is 10.1. The molecule has 0 bridgehead atoms. The van der Waals surface area contributed by atoms with E-state index in [0.717, 1.165) is 7.11 Å². The van der Waals surface area contributed by atoms with Gasteiger partial charge in [0.2, 0.25) is 0 Å². The predicted octanol–water partition coefficient (Wildman–Crippen LogP) is 3.75. The summed E-state index contributed by atoms with van der Waals surface area (Å²) in [7, 11) is 1.13. The highest BCUT2D eigenvalue weighted by atomic mass is 79.9. The summed E-state index contributed by atoms with van der Waals surface area (Å²) in [6.07, 6.45) is -4.71. The van der Waals surface area contributed by atoms with Gasteiger partial charge in [0.1, 0.15) is 0 Å². The fourth-order valence-corrected chi connectivity index (χ4v) is 1.58. The Labute approximate surface area is 92.2 Å². The highest BCUT2D eigenvalue weighted by molar-refractivity contribution is 9.08. The van der Waals surface area contributed by atoms with E-state index in [1.165, 1.54) is 6.07 Å². The van der Waals surface area contributed by atoms with Crippen LogP contribution in [0.3, 0.4) is 0 Å². The van der Waals surface area contributed by atoms with Gasteiger partial charge in [-0.25, -0.2) is 4.39 Å². The molecule has 1 aromatic carbocycles. The van der Waals surface area contributed by atoms with Gasteiger partial charge in [-0.2, -0.15) is 13.2 Å². The van der Waals surface area contributed by atoms with E-state index in [-0.39, 0.29) is 11.1 Å². The molecule has 0 saturated carbocycles. The zero-order valence-electron chi connectivity index (χ0n) is 7.66. The summed E-state index contributed by atoms with van der Waals surface area (Å²) in [6, 6.07) is 1.88. The van der Waals surface area contributed by atoms with Crippen LogP contribution in [0.25, 0.3) is 0 Å². The van der Waals surface area contributed by atoms with E-state index in [1.807, 2.05) is 0 Å². The highest BCUT2D eigenvalue weighted by Gasteiger charge is 2.35. The Morgan fingerprint density at radius 1 is 1.33 bits per heavy atom. The average Bonchev–Trinajstić information content (AvgIpc) is 2.15. The van der Waals surface area contributed by atoms with Crippen LogP contribution >= 0.6 is 15.9 Å². The van der Waals surface area contributed by atoms with E-state index in [1.54, 1.807) is 0 Å². The zero-order chi connectivity index (χ0) is 11.6. The number of rotatable bonds is 2. The third-order valence-corrected chi connectivity index (χ3v) is 2.44. The van der Waals surface area contributed by atoms with Crippen molar-refractivity contribution in [2.24, 2.45) is 0 Å². The molecule has 0 unspecified atom stereocenters. The molecule has 0 aliphatic rings. The molecule has 0 radical (unpaired) electrons. The SMILES string of the molecule is COc1c(CBr)ccc(C(F)(F)F)c1F. The van der Waals surface area contributed by atoms with Crippen molar-refractivity contribution >= 4 is 15.9 Å². The molecule has 1 rings (SSSR count). The maximum Gasteiger partial charge on any atom is 0.419 e. The van der Waals surface area contributed by atoms with Crippen molar-refractivity contribution in [1.82, 2.24) is 0 Å². The van der Waals surface area contributed by atoms with Gasteiger partial charge in [0.15, 0.2) is 11.6 Å². The summed E-state index contributed by atoms with van der Waals surface area (Å²) < 4.78 is 54.8. The minimum Gasteiger partial charge on any atom is -0.493 e. The third kappa shape index (κ3) is 2.42. The molecule has 0 spiro atoms. The second-order valence-corrected chi connectivity index (χ2v) is 3.31. The van der Waals surface area contributed by atoms with Crippen LogP contribution in [0.2, 0.25) is 0 Å². The minimum absolute atomic E-state index is 0.227. The van der Waals surface area contributed by atoms with Gasteiger partial charge in [-0.3, -0.25) is 0 Å². The lowest BCUT2D eigenvalue weighted by molar-refractivity contribution is -0.140. The fraction of sp³-hybridized carbons (Fsp3) is 0.333. The zero-order valence-corrected chi connectivity index (χ0v) is 9.25. The normalized spacial score (nSPS) is 11.6. The molecule has 1 aromatic rings. The molecule has 0 fully saturated rings. The maximum absolute atomic E-state index is 13.4. The molecule has 1 nitrogen and oxygen atoms in total. The molecule has 0 heterocycles. The predicted molar refractivity (Wildman–Crippen MR) is 50.6 cm³/mol. The minimum atomic E-state index is -4.71. The molecule has 0 aromatic heterocycles. The van der Waals surface area contributed by atoms with Gasteiger partial charge in [0, 0.05) is 10.9 Å². The Morgan fingerprint density at radius 3 is 2.33 bits per heavy atom. The largest absolute Gasteiger partial charge is 0.493 e. The first-order valence-electron chi connectivity index (χ1n) is 3.90. The van der Waals surface area contributed by atoms with Gasteiger partial charge < -0.3 is 4.74 Å². The van der Waals surface area contributed by atoms with Crippen molar-refractivity contribution in [1.29, 1.82) is 0 Å². The number of methoxy groups -OCH3 is 1. The molecule has 0 aliphatic carbocycles. The Kier molecular flexibility index (Phi) is 3.59. The summed E-state index contributed by atoms with van der Waals surface area (Å²) in [5, 5.41) is 0.227. The van der Waals surface area contributed by atoms with Crippen molar-refractivity contribution in [2.75, 3.05) is 7.11 Å². The molecule has 0 aliphatic heterocycles. The quantitative estimate of drug-likeness (QED) is 0.594. The molecule has 6 heteroatoms. The second-order valence-electron chi connectivity index (χ2n) is 2.75. The molecule has 0 atom stereocenters. The Hall–Kier alpha value is -0.780. The van der Waals surface area contributed by atoms with Gasteiger partial charge in [0.25, 0.3) is 0 Å². The first-order chi connectivity index (χ1) is 6.91. The summed E-state index contributed by atoms with van der Waals surface area (Å²) >= 11 is 3.03. The summed E-state index contributed by atoms with van der Waals surface area (Å²) in [5.41, 5.74) is -0.980. The molecule has 15 heavy (non-hydrogen) atoms. The van der Waals surface area contributed by atoms with Gasteiger partial charge in [0.05, 0.1) is 12.7 Å². The monoisotopic (exact) mass is 286 g/mol. The first kappa shape index (κ1) is 12.3. The Bertz CT molecular complexity index is 362. The van der Waals surface area contributed by atoms with Gasteiger partial charge in [-0.05, 0) is 6.07 Å². The van der Waals surface area contributed by atoms with E-state index in [4.69, 9.17) is 0 Å². The average molecular weight is 287 g/mol. The van der Waals surface area contributed by atoms with Crippen molar-refractivity contribution in [2.45, 2.75) is 11.5 Å². The lowest BCUT2D eigenvalue weighted by Gasteiger charge is -2.13. The van der Waals surface area contributed by atoms with Crippen LogP contribution in [0.15, 0.2) is 12.1 Å². The van der Waals surface area contributed by atoms with Crippen LogP contribution < -0.4 is 4.74 Å². The van der Waals surface area contributed by atoms with Gasteiger partial charge >= 0.3 is 6.18 Å². The van der Waals surface area contributed by atoms with Crippen molar-refractivity contribution < 1.29 is 22.3 Å². The van der Waals surface area contributed by atoms with Crippen molar-refractivity contribution in [3.63, 3.8) is 0 Å². The summed E-state index contributed by atoms with van der Waals surface area (Å²) in [5.74, 6) is -1.75. The maximum atomic E-state index is 13.4. The standard InChI is InChI=1S/C9H7BrF4O/c1-15-8-5(4-10)2-3-6(7(8)11)9(12,13)14/h2-3H,4H2,1H3. The van der Waals surface area contributed by atoms with Gasteiger partial charge in [-0.15, -0.1) is 0 Å². The van der Waals surface area contributed by atoms with E-state index in [0.29, 0.717) is 11.6 Å². The number of halogens is 5. The first-order valence-corrected chi connectivity index (χ1v) is 5.02. The smallest absolute Gasteiger partial charge is 0.419 e. The van der Waals surface area contributed by atoms with Crippen LogP contribution in [0, 0.1) is 5.82 Å². The number of benzene rings is 1. The number of ether oxygens (including phenoxy) is 1. The molecular formula is C9H7BrF4O. The summed E-state index contributed by atoms with van der Waals surface area (Å²) in [6.45, 7) is 0. The molecular weight excluding hydrogens is 280 g/mol. The van der Waals surface area contributed by atoms with E-state index in [2.05, 4.69) is 20.7 Å². The third-order valence-electron chi connectivity index (χ3n) is 1.83. The van der Waals surface area contributed by atoms with E-state index < -0.39 is 17.6 Å². The van der Waals surface area contributed by atoms with E-state index in [9.17, 15) is 17.6 Å². The fourth-order valence-electron chi connectivity index (χ4n) is 1.14. The highest BCUT2D eigenvalue weighted by Crippen LogP contribution is 2.36. The Morgan fingerprint density at radius 2 is 1.93 bits per heavy atom. The second kappa shape index (κ2) is 4.38. The molecule has 84 valence electrons. The van der Waals surface area contributed by atoms with E-state index >= 15 is 0 Å². The van der Waals surface area contributed by atoms with Gasteiger partial charge in [-0.1, -0.05) is 22.0 Å². The number of alkyl halides is 4. The number of hydrogen-bond acceptors (Lipinski definition) is 1. The lowest BCUT2D eigenvalue weighted by Crippen LogP contribution is -2.10.